The largest absolute Gasteiger partial charge is 0.494 e. The first-order chi connectivity index (χ1) is 16.6. The zero-order valence-corrected chi connectivity index (χ0v) is 22.2. The number of carbonyl (C=O) groups is 3. The molecular weight excluding hydrogens is 444 g/mol. The average Bonchev–Trinajstić information content (AvgIpc) is 2.78. The number of benzene rings is 1. The summed E-state index contributed by atoms with van der Waals surface area (Å²) in [6.45, 7) is 8.41. The molecule has 0 bridgehead atoms. The van der Waals surface area contributed by atoms with Crippen molar-refractivity contribution in [2.24, 2.45) is 17.3 Å². The predicted octanol–water partition coefficient (Wildman–Crippen LogP) is 5.48. The molecule has 0 aliphatic heterocycles. The summed E-state index contributed by atoms with van der Waals surface area (Å²) in [4.78, 5) is 37.2. The van der Waals surface area contributed by atoms with Crippen LogP contribution in [0, 0.1) is 17.3 Å². The first-order valence-electron chi connectivity index (χ1n) is 13.0. The van der Waals surface area contributed by atoms with Crippen LogP contribution in [0.5, 0.6) is 5.75 Å². The van der Waals surface area contributed by atoms with Gasteiger partial charge in [-0.05, 0) is 54.4 Å². The van der Waals surface area contributed by atoms with Crippen LogP contribution in [0.15, 0.2) is 24.3 Å². The molecule has 35 heavy (non-hydrogen) atoms. The number of methoxy groups -OCH3 is 1. The zero-order valence-electron chi connectivity index (χ0n) is 22.2. The molecule has 1 unspecified atom stereocenters. The normalized spacial score (nSPS) is 15.4. The number of hydrogen-bond donors (Lipinski definition) is 2. The standard InChI is InChI=1S/C28H44N2O5/c1-20(2)17-24(27(33)34-5)30-26(32)19-28(3,4)18-25(31)29-22-11-13-23(14-12-22)35-16-15-21-9-7-6-8-10-21/h11-14,20-21,24H,6-10,15-19H2,1-5H3,(H,29,31)(H,30,32). The SMILES string of the molecule is COC(=O)C(CC(C)C)NC(=O)CC(C)(C)CC(=O)Nc1ccc(OCCC2CCCCC2)cc1. The van der Waals surface area contributed by atoms with E-state index in [2.05, 4.69) is 10.6 Å². The quantitative estimate of drug-likeness (QED) is 0.358. The Morgan fingerprint density at radius 2 is 1.63 bits per heavy atom. The van der Waals surface area contributed by atoms with Gasteiger partial charge in [-0.1, -0.05) is 59.8 Å². The van der Waals surface area contributed by atoms with Crippen LogP contribution in [0.4, 0.5) is 5.69 Å². The minimum Gasteiger partial charge on any atom is -0.494 e. The van der Waals surface area contributed by atoms with E-state index >= 15 is 0 Å². The van der Waals surface area contributed by atoms with Crippen molar-refractivity contribution in [2.45, 2.75) is 91.5 Å². The Bertz CT molecular complexity index is 813. The van der Waals surface area contributed by atoms with Gasteiger partial charge in [-0.3, -0.25) is 9.59 Å². The van der Waals surface area contributed by atoms with Crippen molar-refractivity contribution >= 4 is 23.5 Å². The summed E-state index contributed by atoms with van der Waals surface area (Å²) < 4.78 is 10.7. The molecule has 0 saturated heterocycles. The van der Waals surface area contributed by atoms with E-state index in [9.17, 15) is 14.4 Å². The van der Waals surface area contributed by atoms with Crippen molar-refractivity contribution < 1.29 is 23.9 Å². The highest BCUT2D eigenvalue weighted by Crippen LogP contribution is 2.28. The maximum Gasteiger partial charge on any atom is 0.328 e. The molecule has 2 rings (SSSR count). The van der Waals surface area contributed by atoms with E-state index in [1.54, 1.807) is 0 Å². The molecule has 1 atom stereocenters. The lowest BCUT2D eigenvalue weighted by Crippen LogP contribution is -2.43. The van der Waals surface area contributed by atoms with Crippen LogP contribution in [-0.2, 0) is 19.1 Å². The fourth-order valence-corrected chi connectivity index (χ4v) is 4.66. The predicted molar refractivity (Wildman–Crippen MR) is 138 cm³/mol. The Morgan fingerprint density at radius 3 is 2.23 bits per heavy atom. The summed E-state index contributed by atoms with van der Waals surface area (Å²) in [7, 11) is 1.31. The van der Waals surface area contributed by atoms with Gasteiger partial charge in [0, 0.05) is 18.5 Å². The number of amides is 2. The van der Waals surface area contributed by atoms with Crippen LogP contribution in [0.2, 0.25) is 0 Å². The molecule has 1 aliphatic carbocycles. The number of ether oxygens (including phenoxy) is 2. The van der Waals surface area contributed by atoms with E-state index in [0.29, 0.717) is 12.1 Å². The van der Waals surface area contributed by atoms with Gasteiger partial charge in [0.05, 0.1) is 13.7 Å². The molecule has 1 aromatic rings. The van der Waals surface area contributed by atoms with E-state index in [0.717, 1.165) is 24.7 Å². The zero-order chi connectivity index (χ0) is 25.8. The van der Waals surface area contributed by atoms with Gasteiger partial charge in [0.25, 0.3) is 0 Å². The van der Waals surface area contributed by atoms with Crippen LogP contribution < -0.4 is 15.4 Å². The smallest absolute Gasteiger partial charge is 0.328 e. The van der Waals surface area contributed by atoms with Gasteiger partial charge >= 0.3 is 5.97 Å². The van der Waals surface area contributed by atoms with E-state index in [1.165, 1.54) is 39.2 Å². The maximum absolute atomic E-state index is 12.6. The summed E-state index contributed by atoms with van der Waals surface area (Å²) in [5, 5.41) is 5.66. The fraction of sp³-hybridized carbons (Fsp3) is 0.679. The first-order valence-corrected chi connectivity index (χ1v) is 13.0. The molecule has 7 nitrogen and oxygen atoms in total. The first kappa shape index (κ1) is 28.7. The number of carbonyl (C=O) groups excluding carboxylic acids is 3. The van der Waals surface area contributed by atoms with E-state index in [1.807, 2.05) is 52.0 Å². The second-order valence-corrected chi connectivity index (χ2v) is 11.0. The van der Waals surface area contributed by atoms with Crippen LogP contribution >= 0.6 is 0 Å². The summed E-state index contributed by atoms with van der Waals surface area (Å²) in [5.41, 5.74) is 0.118. The average molecular weight is 489 g/mol. The third-order valence-corrected chi connectivity index (χ3v) is 6.46. The van der Waals surface area contributed by atoms with Crippen molar-refractivity contribution in [3.8, 4) is 5.75 Å². The van der Waals surface area contributed by atoms with Gasteiger partial charge in [-0.15, -0.1) is 0 Å². The summed E-state index contributed by atoms with van der Waals surface area (Å²) in [6.07, 6.45) is 8.57. The lowest BCUT2D eigenvalue weighted by Gasteiger charge is -2.25. The number of esters is 1. The molecule has 0 radical (unpaired) electrons. The third kappa shape index (κ3) is 11.1. The molecule has 1 aliphatic rings. The Morgan fingerprint density at radius 1 is 1.00 bits per heavy atom. The molecule has 2 amide bonds. The number of hydrogen-bond acceptors (Lipinski definition) is 5. The number of nitrogens with one attached hydrogen (secondary N) is 2. The van der Waals surface area contributed by atoms with Gasteiger partial charge in [0.1, 0.15) is 11.8 Å². The summed E-state index contributed by atoms with van der Waals surface area (Å²) in [5.74, 6) is 0.927. The molecule has 1 fully saturated rings. The van der Waals surface area contributed by atoms with Crippen molar-refractivity contribution in [1.82, 2.24) is 5.32 Å². The highest BCUT2D eigenvalue weighted by molar-refractivity contribution is 5.92. The molecule has 196 valence electrons. The van der Waals surface area contributed by atoms with Crippen LogP contribution in [0.25, 0.3) is 0 Å². The van der Waals surface area contributed by atoms with Crippen LogP contribution in [0.3, 0.4) is 0 Å². The Balaban J connectivity index is 1.77. The highest BCUT2D eigenvalue weighted by Gasteiger charge is 2.29. The molecule has 2 N–H and O–H groups in total. The molecular formula is C28H44N2O5. The Labute approximate surface area is 210 Å². The highest BCUT2D eigenvalue weighted by atomic mass is 16.5. The number of rotatable bonds is 13. The maximum atomic E-state index is 12.6. The van der Waals surface area contributed by atoms with Crippen LogP contribution in [0.1, 0.15) is 85.5 Å². The minimum atomic E-state index is -0.680. The number of anilines is 1. The topological polar surface area (TPSA) is 93.7 Å². The van der Waals surface area contributed by atoms with Crippen molar-refractivity contribution in [3.63, 3.8) is 0 Å². The molecule has 0 heterocycles. The van der Waals surface area contributed by atoms with Gasteiger partial charge in [-0.25, -0.2) is 4.79 Å². The molecule has 0 spiro atoms. The third-order valence-electron chi connectivity index (χ3n) is 6.46. The van der Waals surface area contributed by atoms with Crippen molar-refractivity contribution in [3.05, 3.63) is 24.3 Å². The van der Waals surface area contributed by atoms with Gasteiger partial charge < -0.3 is 20.1 Å². The molecule has 1 saturated carbocycles. The van der Waals surface area contributed by atoms with E-state index in [-0.39, 0.29) is 30.6 Å². The van der Waals surface area contributed by atoms with Gasteiger partial charge in [-0.2, -0.15) is 0 Å². The molecule has 7 heteroatoms. The van der Waals surface area contributed by atoms with E-state index < -0.39 is 17.4 Å². The van der Waals surface area contributed by atoms with Gasteiger partial charge in [0.2, 0.25) is 11.8 Å². The van der Waals surface area contributed by atoms with E-state index in [4.69, 9.17) is 9.47 Å². The second-order valence-electron chi connectivity index (χ2n) is 11.0. The van der Waals surface area contributed by atoms with Crippen molar-refractivity contribution in [1.29, 1.82) is 0 Å². The van der Waals surface area contributed by atoms with Gasteiger partial charge in [0.15, 0.2) is 0 Å². The monoisotopic (exact) mass is 488 g/mol. The second kappa shape index (κ2) is 14.1. The minimum absolute atomic E-state index is 0.125. The lowest BCUT2D eigenvalue weighted by molar-refractivity contribution is -0.145. The molecule has 1 aromatic carbocycles. The fourth-order valence-electron chi connectivity index (χ4n) is 4.66. The Kier molecular flexibility index (Phi) is 11.5. The summed E-state index contributed by atoms with van der Waals surface area (Å²) in [6, 6.07) is 6.73. The molecule has 0 aromatic heterocycles. The summed E-state index contributed by atoms with van der Waals surface area (Å²) >= 11 is 0. The lowest BCUT2D eigenvalue weighted by atomic mass is 9.84. The van der Waals surface area contributed by atoms with Crippen molar-refractivity contribution in [2.75, 3.05) is 19.0 Å². The van der Waals surface area contributed by atoms with Crippen LogP contribution in [-0.4, -0.2) is 37.5 Å². The Hall–Kier alpha value is -2.57.